The van der Waals surface area contributed by atoms with E-state index in [1.54, 1.807) is 0 Å². The zero-order valence-electron chi connectivity index (χ0n) is 10.9. The number of hydrogen-bond donors (Lipinski definition) is 2. The molecule has 102 valence electrons. The second-order valence-corrected chi connectivity index (χ2v) is 5.41. The van der Waals surface area contributed by atoms with E-state index in [0.717, 1.165) is 18.2 Å². The van der Waals surface area contributed by atoms with Gasteiger partial charge in [-0.2, -0.15) is 0 Å². The lowest BCUT2D eigenvalue weighted by molar-refractivity contribution is -0.120. The Hall–Kier alpha value is -1.98. The van der Waals surface area contributed by atoms with Crippen LogP contribution in [0.15, 0.2) is 23.2 Å². The van der Waals surface area contributed by atoms with Gasteiger partial charge in [0.2, 0.25) is 0 Å². The minimum atomic E-state index is -1.06. The number of hydrogen-bond acceptors (Lipinski definition) is 3. The molecule has 0 spiro atoms. The normalized spacial score (nSPS) is 19.1. The molecule has 2 N–H and O–H groups in total. The van der Waals surface area contributed by atoms with Gasteiger partial charge < -0.3 is 5.32 Å². The van der Waals surface area contributed by atoms with Gasteiger partial charge in [0, 0.05) is 11.1 Å². The van der Waals surface area contributed by atoms with E-state index in [1.807, 2.05) is 20.8 Å². The van der Waals surface area contributed by atoms with E-state index in [2.05, 4.69) is 15.6 Å². The van der Waals surface area contributed by atoms with Crippen molar-refractivity contribution >= 4 is 11.9 Å². The predicted octanol–water partition coefficient (Wildman–Crippen LogP) is 1.88. The summed E-state index contributed by atoms with van der Waals surface area (Å²) in [6.07, 6.45) is 0. The molecule has 1 amide bonds. The highest BCUT2D eigenvalue weighted by Gasteiger charge is 2.31. The summed E-state index contributed by atoms with van der Waals surface area (Å²) in [7, 11) is 0. The first-order chi connectivity index (χ1) is 8.76. The fourth-order valence-electron chi connectivity index (χ4n) is 1.76. The average molecular weight is 267 g/mol. The van der Waals surface area contributed by atoms with Crippen LogP contribution in [0.1, 0.15) is 32.4 Å². The molecule has 1 aromatic carbocycles. The van der Waals surface area contributed by atoms with Crippen molar-refractivity contribution in [3.63, 3.8) is 0 Å². The molecule has 0 saturated heterocycles. The highest BCUT2D eigenvalue weighted by molar-refractivity contribution is 6.05. The van der Waals surface area contributed by atoms with Crippen molar-refractivity contribution in [3.8, 4) is 0 Å². The van der Waals surface area contributed by atoms with E-state index >= 15 is 0 Å². The van der Waals surface area contributed by atoms with Gasteiger partial charge in [-0.25, -0.2) is 13.8 Å². The summed E-state index contributed by atoms with van der Waals surface area (Å²) < 4.78 is 26.8. The smallest absolute Gasteiger partial charge is 0.256 e. The molecule has 0 aromatic heterocycles. The highest BCUT2D eigenvalue weighted by Crippen LogP contribution is 2.24. The van der Waals surface area contributed by atoms with Crippen LogP contribution < -0.4 is 10.6 Å². The summed E-state index contributed by atoms with van der Waals surface area (Å²) in [5.41, 5.74) is -0.357. The first-order valence-electron chi connectivity index (χ1n) is 5.88. The van der Waals surface area contributed by atoms with Gasteiger partial charge in [-0.05, 0) is 39.0 Å². The molecule has 1 unspecified atom stereocenters. The third kappa shape index (κ3) is 3.07. The minimum Gasteiger partial charge on any atom is -0.351 e. The van der Waals surface area contributed by atoms with E-state index in [4.69, 9.17) is 0 Å². The maximum absolute atomic E-state index is 13.6. The predicted molar refractivity (Wildman–Crippen MR) is 67.6 cm³/mol. The quantitative estimate of drug-likeness (QED) is 0.816. The van der Waals surface area contributed by atoms with Gasteiger partial charge in [-0.1, -0.05) is 0 Å². The van der Waals surface area contributed by atoms with Crippen molar-refractivity contribution in [3.05, 3.63) is 35.4 Å². The Kier molecular flexibility index (Phi) is 3.26. The van der Waals surface area contributed by atoms with E-state index in [-0.39, 0.29) is 17.1 Å². The van der Waals surface area contributed by atoms with Crippen LogP contribution in [0, 0.1) is 11.6 Å². The monoisotopic (exact) mass is 267 g/mol. The number of carbonyl (C=O) groups excluding carboxylic acids is 1. The number of benzene rings is 1. The molecule has 1 aromatic rings. The van der Waals surface area contributed by atoms with Gasteiger partial charge in [0.1, 0.15) is 11.6 Å². The Morgan fingerprint density at radius 3 is 2.63 bits per heavy atom. The van der Waals surface area contributed by atoms with Gasteiger partial charge in [0.05, 0.1) is 0 Å². The lowest BCUT2D eigenvalue weighted by Gasteiger charge is -2.21. The Balaban J connectivity index is 2.30. The summed E-state index contributed by atoms with van der Waals surface area (Å²) in [5, 5.41) is 5.50. The van der Waals surface area contributed by atoms with Gasteiger partial charge in [-0.3, -0.25) is 10.1 Å². The van der Waals surface area contributed by atoms with E-state index < -0.39 is 23.6 Å². The number of carbonyl (C=O) groups is 1. The van der Waals surface area contributed by atoms with E-state index in [0.29, 0.717) is 0 Å². The van der Waals surface area contributed by atoms with Crippen LogP contribution >= 0.6 is 0 Å². The highest BCUT2D eigenvalue weighted by atomic mass is 19.1. The molecule has 0 fully saturated rings. The fourth-order valence-corrected chi connectivity index (χ4v) is 1.76. The molecule has 0 aliphatic carbocycles. The van der Waals surface area contributed by atoms with Crippen LogP contribution in [-0.4, -0.2) is 17.4 Å². The molecular formula is C13H15F2N3O. The third-order valence-corrected chi connectivity index (χ3v) is 2.49. The van der Waals surface area contributed by atoms with Crippen molar-refractivity contribution in [1.29, 1.82) is 0 Å². The lowest BCUT2D eigenvalue weighted by atomic mass is 10.1. The molecular weight excluding hydrogens is 252 g/mol. The number of guanidine groups is 1. The molecule has 4 nitrogen and oxygen atoms in total. The second kappa shape index (κ2) is 4.60. The largest absolute Gasteiger partial charge is 0.351 e. The molecule has 0 saturated carbocycles. The number of amides is 1. The number of halogens is 2. The van der Waals surface area contributed by atoms with Crippen molar-refractivity contribution in [2.45, 2.75) is 32.4 Å². The summed E-state index contributed by atoms with van der Waals surface area (Å²) >= 11 is 0. The summed E-state index contributed by atoms with van der Waals surface area (Å²) in [5.74, 6) is -1.46. The van der Waals surface area contributed by atoms with Crippen molar-refractivity contribution in [2.24, 2.45) is 4.99 Å². The Labute approximate surface area is 109 Å². The van der Waals surface area contributed by atoms with Crippen LogP contribution in [0.4, 0.5) is 8.78 Å². The molecule has 6 heteroatoms. The Morgan fingerprint density at radius 1 is 1.32 bits per heavy atom. The number of aliphatic imine (C=N–C) groups is 1. The number of nitrogens with zero attached hydrogens (tertiary/aromatic N) is 1. The summed E-state index contributed by atoms with van der Waals surface area (Å²) in [4.78, 5) is 15.8. The third-order valence-electron chi connectivity index (χ3n) is 2.49. The van der Waals surface area contributed by atoms with Crippen LogP contribution in [0.25, 0.3) is 0 Å². The molecule has 1 heterocycles. The Morgan fingerprint density at radius 2 is 2.00 bits per heavy atom. The van der Waals surface area contributed by atoms with Crippen LogP contribution in [0.2, 0.25) is 0 Å². The maximum atomic E-state index is 13.6. The van der Waals surface area contributed by atoms with E-state index in [9.17, 15) is 13.6 Å². The number of rotatable bonds is 1. The topological polar surface area (TPSA) is 53.5 Å². The van der Waals surface area contributed by atoms with Gasteiger partial charge >= 0.3 is 0 Å². The first-order valence-corrected chi connectivity index (χ1v) is 5.88. The SMILES string of the molecule is CC(C)(C)NC1=NC(c2cc(F)ccc2F)C(=O)N1. The Bertz CT molecular complexity index is 549. The van der Waals surface area contributed by atoms with E-state index in [1.165, 1.54) is 0 Å². The van der Waals surface area contributed by atoms with Gasteiger partial charge in [0.25, 0.3) is 5.91 Å². The van der Waals surface area contributed by atoms with Gasteiger partial charge in [0.15, 0.2) is 12.0 Å². The fraction of sp³-hybridized carbons (Fsp3) is 0.385. The van der Waals surface area contributed by atoms with Crippen molar-refractivity contribution < 1.29 is 13.6 Å². The second-order valence-electron chi connectivity index (χ2n) is 5.41. The standard InChI is InChI=1S/C13H15F2N3O/c1-13(2,3)18-12-16-10(11(19)17-12)8-6-7(14)4-5-9(8)15/h4-6,10H,1-3H3,(H2,16,17,18,19). The zero-order chi connectivity index (χ0) is 14.2. The van der Waals surface area contributed by atoms with Crippen LogP contribution in [0.3, 0.4) is 0 Å². The zero-order valence-corrected chi connectivity index (χ0v) is 10.9. The minimum absolute atomic E-state index is 0.0665. The molecule has 0 bridgehead atoms. The molecule has 1 atom stereocenters. The summed E-state index contributed by atoms with van der Waals surface area (Å²) in [6.45, 7) is 5.70. The molecule has 0 radical (unpaired) electrons. The maximum Gasteiger partial charge on any atom is 0.256 e. The summed E-state index contributed by atoms with van der Waals surface area (Å²) in [6, 6.07) is 1.93. The van der Waals surface area contributed by atoms with Crippen LogP contribution in [-0.2, 0) is 4.79 Å². The first kappa shape index (κ1) is 13.5. The van der Waals surface area contributed by atoms with Crippen LogP contribution in [0.5, 0.6) is 0 Å². The van der Waals surface area contributed by atoms with Crippen molar-refractivity contribution in [1.82, 2.24) is 10.6 Å². The molecule has 19 heavy (non-hydrogen) atoms. The molecule has 1 aliphatic heterocycles. The van der Waals surface area contributed by atoms with Gasteiger partial charge in [-0.15, -0.1) is 0 Å². The molecule has 1 aliphatic rings. The molecule has 2 rings (SSSR count). The van der Waals surface area contributed by atoms with Crippen molar-refractivity contribution in [2.75, 3.05) is 0 Å². The average Bonchev–Trinajstić information content (AvgIpc) is 2.60. The lowest BCUT2D eigenvalue weighted by Crippen LogP contribution is -2.46. The number of nitrogens with one attached hydrogen (secondary N) is 2.